The lowest BCUT2D eigenvalue weighted by atomic mass is 9.98. The van der Waals surface area contributed by atoms with E-state index in [2.05, 4.69) is 18.3 Å². The molecular weight excluding hydrogens is 292 g/mol. The van der Waals surface area contributed by atoms with Gasteiger partial charge in [-0.15, -0.1) is 0 Å². The van der Waals surface area contributed by atoms with Crippen molar-refractivity contribution in [3.63, 3.8) is 0 Å². The molecule has 1 N–H and O–H groups in total. The van der Waals surface area contributed by atoms with Crippen LogP contribution in [0.5, 0.6) is 5.75 Å². The standard InChI is InChI=1S/C18H28N2O3/c1-6-22-14-7-8-15(13(2)11-14)16-12-19-9-10-20(16)17(21)23-18(3,4)5/h7-8,11,16,19H,6,9-10,12H2,1-5H3. The Morgan fingerprint density at radius 3 is 2.74 bits per heavy atom. The van der Waals surface area contributed by atoms with E-state index < -0.39 is 5.60 Å². The van der Waals surface area contributed by atoms with Crippen LogP contribution in [0.15, 0.2) is 18.2 Å². The SMILES string of the molecule is CCOc1ccc(C2CNCCN2C(=O)OC(C)(C)C)c(C)c1. The molecule has 0 spiro atoms. The summed E-state index contributed by atoms with van der Waals surface area (Å²) in [5.41, 5.74) is 1.77. The molecule has 5 heteroatoms. The van der Waals surface area contributed by atoms with Crippen molar-refractivity contribution < 1.29 is 14.3 Å². The minimum Gasteiger partial charge on any atom is -0.494 e. The number of nitrogens with zero attached hydrogens (tertiary/aromatic N) is 1. The van der Waals surface area contributed by atoms with Gasteiger partial charge in [-0.1, -0.05) is 6.07 Å². The van der Waals surface area contributed by atoms with Crippen LogP contribution in [0, 0.1) is 6.92 Å². The zero-order chi connectivity index (χ0) is 17.0. The number of nitrogens with one attached hydrogen (secondary N) is 1. The number of hydrogen-bond donors (Lipinski definition) is 1. The van der Waals surface area contributed by atoms with Crippen LogP contribution in [-0.2, 0) is 4.74 Å². The molecule has 1 atom stereocenters. The molecule has 1 heterocycles. The third kappa shape index (κ3) is 4.61. The van der Waals surface area contributed by atoms with Gasteiger partial charge in [0.25, 0.3) is 0 Å². The second-order valence-corrected chi connectivity index (χ2v) is 6.85. The van der Waals surface area contributed by atoms with Crippen molar-refractivity contribution in [1.82, 2.24) is 10.2 Å². The van der Waals surface area contributed by atoms with Crippen LogP contribution in [0.4, 0.5) is 4.79 Å². The van der Waals surface area contributed by atoms with Crippen LogP contribution in [0.1, 0.15) is 44.9 Å². The van der Waals surface area contributed by atoms with Gasteiger partial charge >= 0.3 is 6.09 Å². The van der Waals surface area contributed by atoms with Crippen molar-refractivity contribution in [3.8, 4) is 5.75 Å². The fourth-order valence-electron chi connectivity index (χ4n) is 2.80. The largest absolute Gasteiger partial charge is 0.494 e. The molecule has 5 nitrogen and oxygen atoms in total. The Morgan fingerprint density at radius 2 is 2.13 bits per heavy atom. The van der Waals surface area contributed by atoms with Crippen LogP contribution in [0.3, 0.4) is 0 Å². The molecule has 0 saturated carbocycles. The van der Waals surface area contributed by atoms with Gasteiger partial charge in [0.1, 0.15) is 11.4 Å². The molecule has 1 fully saturated rings. The molecule has 1 saturated heterocycles. The molecule has 2 rings (SSSR count). The highest BCUT2D eigenvalue weighted by Gasteiger charge is 2.32. The predicted molar refractivity (Wildman–Crippen MR) is 90.9 cm³/mol. The summed E-state index contributed by atoms with van der Waals surface area (Å²) >= 11 is 0. The van der Waals surface area contributed by atoms with E-state index in [1.165, 1.54) is 0 Å². The summed E-state index contributed by atoms with van der Waals surface area (Å²) in [5.74, 6) is 0.862. The van der Waals surface area contributed by atoms with Gasteiger partial charge in [0, 0.05) is 19.6 Å². The fourth-order valence-corrected chi connectivity index (χ4v) is 2.80. The van der Waals surface area contributed by atoms with E-state index in [9.17, 15) is 4.79 Å². The molecule has 0 bridgehead atoms. The number of hydrogen-bond acceptors (Lipinski definition) is 4. The van der Waals surface area contributed by atoms with Crippen LogP contribution in [0.25, 0.3) is 0 Å². The number of aryl methyl sites for hydroxylation is 1. The van der Waals surface area contributed by atoms with E-state index in [-0.39, 0.29) is 12.1 Å². The summed E-state index contributed by atoms with van der Waals surface area (Å²) in [6, 6.07) is 6.03. The maximum Gasteiger partial charge on any atom is 0.410 e. The Balaban J connectivity index is 2.22. The number of rotatable bonds is 3. The van der Waals surface area contributed by atoms with Gasteiger partial charge in [0.2, 0.25) is 0 Å². The maximum atomic E-state index is 12.5. The average molecular weight is 320 g/mol. The molecule has 1 aromatic carbocycles. The number of piperazine rings is 1. The van der Waals surface area contributed by atoms with E-state index in [0.717, 1.165) is 30.0 Å². The molecule has 1 aliphatic heterocycles. The van der Waals surface area contributed by atoms with Crippen LogP contribution in [-0.4, -0.2) is 42.8 Å². The monoisotopic (exact) mass is 320 g/mol. The summed E-state index contributed by atoms with van der Waals surface area (Å²) < 4.78 is 11.1. The molecule has 1 amide bonds. The fraction of sp³-hybridized carbons (Fsp3) is 0.611. The van der Waals surface area contributed by atoms with Crippen molar-refractivity contribution in [2.45, 2.75) is 46.3 Å². The van der Waals surface area contributed by atoms with Crippen molar-refractivity contribution in [1.29, 1.82) is 0 Å². The first kappa shape index (κ1) is 17.6. The topological polar surface area (TPSA) is 50.8 Å². The Morgan fingerprint density at radius 1 is 1.39 bits per heavy atom. The molecule has 1 aliphatic rings. The van der Waals surface area contributed by atoms with Crippen LogP contribution >= 0.6 is 0 Å². The van der Waals surface area contributed by atoms with Gasteiger partial charge in [-0.3, -0.25) is 4.90 Å². The van der Waals surface area contributed by atoms with Crippen LogP contribution < -0.4 is 10.1 Å². The summed E-state index contributed by atoms with van der Waals surface area (Å²) in [4.78, 5) is 14.4. The maximum absolute atomic E-state index is 12.5. The molecule has 0 radical (unpaired) electrons. The summed E-state index contributed by atoms with van der Waals surface area (Å²) in [7, 11) is 0. The van der Waals surface area contributed by atoms with Crippen molar-refractivity contribution in [2.24, 2.45) is 0 Å². The minimum atomic E-state index is -0.486. The molecular formula is C18H28N2O3. The van der Waals surface area contributed by atoms with Crippen molar-refractivity contribution in [3.05, 3.63) is 29.3 Å². The van der Waals surface area contributed by atoms with E-state index in [0.29, 0.717) is 13.2 Å². The Bertz CT molecular complexity index is 552. The number of carbonyl (C=O) groups excluding carboxylic acids is 1. The van der Waals surface area contributed by atoms with Gasteiger partial charge in [0.05, 0.1) is 12.6 Å². The molecule has 23 heavy (non-hydrogen) atoms. The van der Waals surface area contributed by atoms with Crippen molar-refractivity contribution in [2.75, 3.05) is 26.2 Å². The summed E-state index contributed by atoms with van der Waals surface area (Å²) in [6.07, 6.45) is -0.253. The quantitative estimate of drug-likeness (QED) is 0.928. The lowest BCUT2D eigenvalue weighted by molar-refractivity contribution is 0.0117. The highest BCUT2D eigenvalue weighted by molar-refractivity contribution is 5.69. The van der Waals surface area contributed by atoms with Gasteiger partial charge in [-0.2, -0.15) is 0 Å². The Hall–Kier alpha value is -1.75. The number of benzene rings is 1. The Kier molecular flexibility index (Phi) is 5.52. The van der Waals surface area contributed by atoms with E-state index in [1.807, 2.05) is 44.7 Å². The van der Waals surface area contributed by atoms with E-state index >= 15 is 0 Å². The third-order valence-corrected chi connectivity index (χ3v) is 3.78. The molecule has 0 aromatic heterocycles. The number of carbonyl (C=O) groups is 1. The van der Waals surface area contributed by atoms with Crippen molar-refractivity contribution >= 4 is 6.09 Å². The number of amides is 1. The van der Waals surface area contributed by atoms with E-state index in [4.69, 9.17) is 9.47 Å². The molecule has 0 aliphatic carbocycles. The lowest BCUT2D eigenvalue weighted by Crippen LogP contribution is -2.50. The Labute approximate surface area is 139 Å². The third-order valence-electron chi connectivity index (χ3n) is 3.78. The van der Waals surface area contributed by atoms with Crippen LogP contribution in [0.2, 0.25) is 0 Å². The van der Waals surface area contributed by atoms with E-state index in [1.54, 1.807) is 0 Å². The second-order valence-electron chi connectivity index (χ2n) is 6.85. The first-order valence-corrected chi connectivity index (χ1v) is 8.25. The lowest BCUT2D eigenvalue weighted by Gasteiger charge is -2.38. The smallest absolute Gasteiger partial charge is 0.410 e. The van der Waals surface area contributed by atoms with Gasteiger partial charge in [0.15, 0.2) is 0 Å². The normalized spacial score (nSPS) is 18.7. The second kappa shape index (κ2) is 7.21. The highest BCUT2D eigenvalue weighted by Crippen LogP contribution is 2.29. The first-order chi connectivity index (χ1) is 10.8. The average Bonchev–Trinajstić information content (AvgIpc) is 2.46. The van der Waals surface area contributed by atoms with Gasteiger partial charge in [-0.25, -0.2) is 4.79 Å². The number of ether oxygens (including phenoxy) is 2. The summed E-state index contributed by atoms with van der Waals surface area (Å²) in [6.45, 7) is 12.5. The molecule has 1 aromatic rings. The predicted octanol–water partition coefficient (Wildman–Crippen LogP) is 3.28. The summed E-state index contributed by atoms with van der Waals surface area (Å²) in [5, 5.41) is 3.37. The minimum absolute atomic E-state index is 0.0192. The zero-order valence-electron chi connectivity index (χ0n) is 14.8. The highest BCUT2D eigenvalue weighted by atomic mass is 16.6. The molecule has 128 valence electrons. The van der Waals surface area contributed by atoms with Gasteiger partial charge < -0.3 is 14.8 Å². The zero-order valence-corrected chi connectivity index (χ0v) is 14.8. The first-order valence-electron chi connectivity index (χ1n) is 8.25. The molecule has 1 unspecified atom stereocenters. The van der Waals surface area contributed by atoms with Gasteiger partial charge in [-0.05, 0) is 57.9 Å².